The van der Waals surface area contributed by atoms with Crippen LogP contribution in [0.25, 0.3) is 0 Å². The molecule has 130 valence electrons. The second kappa shape index (κ2) is 11.5. The van der Waals surface area contributed by atoms with Crippen LogP contribution in [0.5, 0.6) is 0 Å². The zero-order valence-electron chi connectivity index (χ0n) is 14.8. The minimum absolute atomic E-state index is 0.960. The van der Waals surface area contributed by atoms with E-state index >= 15 is 0 Å². The van der Waals surface area contributed by atoms with E-state index in [1.54, 1.807) is 5.57 Å². The molecule has 1 saturated heterocycles. The molecule has 0 atom stereocenters. The van der Waals surface area contributed by atoms with Gasteiger partial charge in [0.05, 0.1) is 0 Å². The molecule has 23 heavy (non-hydrogen) atoms. The lowest BCUT2D eigenvalue weighted by molar-refractivity contribution is 0.162. The summed E-state index contributed by atoms with van der Waals surface area (Å²) >= 11 is 0. The third-order valence-corrected chi connectivity index (χ3v) is 4.58. The van der Waals surface area contributed by atoms with E-state index < -0.39 is 0 Å². The molecule has 0 radical (unpaired) electrons. The predicted octanol–water partition coefficient (Wildman–Crippen LogP) is 3.08. The summed E-state index contributed by atoms with van der Waals surface area (Å²) in [5.41, 5.74) is 6.37. The van der Waals surface area contributed by atoms with Crippen LogP contribution >= 0.6 is 0 Å². The molecule has 4 nitrogen and oxygen atoms in total. The monoisotopic (exact) mass is 318 g/mol. The molecular formula is C19H34N4. The first-order valence-corrected chi connectivity index (χ1v) is 9.41. The summed E-state index contributed by atoms with van der Waals surface area (Å²) < 4.78 is 0. The molecule has 0 aromatic carbocycles. The first kappa shape index (κ1) is 18.4. The number of likely N-dealkylation sites (N-methyl/N-ethyl adjacent to an activating group) is 1. The van der Waals surface area contributed by atoms with Gasteiger partial charge < -0.3 is 5.32 Å². The normalized spacial score (nSPS) is 22.0. The Bertz CT molecular complexity index is 384. The van der Waals surface area contributed by atoms with Crippen molar-refractivity contribution in [3.05, 3.63) is 23.8 Å². The maximum atomic E-state index is 4.50. The van der Waals surface area contributed by atoms with E-state index in [-0.39, 0.29) is 0 Å². The largest absolute Gasteiger partial charge is 0.316 e. The number of piperidine rings is 1. The molecule has 1 aliphatic carbocycles. The summed E-state index contributed by atoms with van der Waals surface area (Å²) in [4.78, 5) is 4.50. The SMILES string of the molecule is C1=C2CCCCC2=NCC1.CNC/C=C/CNN1CCCCC1. The number of dihydropyridines is 1. The number of hydrazine groups is 1. The van der Waals surface area contributed by atoms with Crippen LogP contribution in [0.2, 0.25) is 0 Å². The van der Waals surface area contributed by atoms with Crippen LogP contribution in [-0.2, 0) is 0 Å². The highest BCUT2D eigenvalue weighted by atomic mass is 15.5. The van der Waals surface area contributed by atoms with Gasteiger partial charge in [-0.25, -0.2) is 5.01 Å². The van der Waals surface area contributed by atoms with Crippen LogP contribution in [0, 0.1) is 0 Å². The number of rotatable bonds is 5. The molecule has 0 spiro atoms. The molecule has 4 heteroatoms. The average Bonchev–Trinajstić information content (AvgIpc) is 2.63. The van der Waals surface area contributed by atoms with Gasteiger partial charge in [0.25, 0.3) is 0 Å². The fourth-order valence-electron chi connectivity index (χ4n) is 3.27. The highest BCUT2D eigenvalue weighted by Crippen LogP contribution is 2.23. The van der Waals surface area contributed by atoms with E-state index in [2.05, 4.69) is 39.0 Å². The maximum Gasteiger partial charge on any atom is 0.0427 e. The molecule has 3 rings (SSSR count). The number of allylic oxidation sites excluding steroid dienone is 1. The van der Waals surface area contributed by atoms with Crippen molar-refractivity contribution in [3.8, 4) is 0 Å². The molecule has 0 unspecified atom stereocenters. The van der Waals surface area contributed by atoms with Gasteiger partial charge in [0.1, 0.15) is 0 Å². The standard InChI is InChI=1S/C10H21N3.C9H13N/c1-11-7-3-4-8-12-13-9-5-2-6-10-13;1-2-6-9-8(4-1)5-3-7-10-9/h3-4,11-12H,2,5-10H2,1H3;5H,1-4,6-7H2/b4-3+;. The third kappa shape index (κ3) is 7.42. The molecule has 2 N–H and O–H groups in total. The van der Waals surface area contributed by atoms with Crippen molar-refractivity contribution in [2.45, 2.75) is 51.4 Å². The zero-order valence-corrected chi connectivity index (χ0v) is 14.8. The lowest BCUT2D eigenvalue weighted by Crippen LogP contribution is -2.41. The summed E-state index contributed by atoms with van der Waals surface area (Å²) in [5, 5.41) is 5.40. The highest BCUT2D eigenvalue weighted by molar-refractivity contribution is 6.01. The van der Waals surface area contributed by atoms with Crippen LogP contribution in [0.15, 0.2) is 28.8 Å². The van der Waals surface area contributed by atoms with Gasteiger partial charge >= 0.3 is 0 Å². The molecule has 2 heterocycles. The van der Waals surface area contributed by atoms with Gasteiger partial charge in [-0.15, -0.1) is 0 Å². The van der Waals surface area contributed by atoms with Crippen molar-refractivity contribution in [2.24, 2.45) is 4.99 Å². The molecule has 0 aromatic heterocycles. The van der Waals surface area contributed by atoms with E-state index in [0.29, 0.717) is 0 Å². The Labute approximate surface area is 142 Å². The van der Waals surface area contributed by atoms with E-state index in [4.69, 9.17) is 0 Å². The van der Waals surface area contributed by atoms with E-state index in [0.717, 1.165) is 19.6 Å². The van der Waals surface area contributed by atoms with Crippen LogP contribution < -0.4 is 10.7 Å². The van der Waals surface area contributed by atoms with Crippen LogP contribution in [0.3, 0.4) is 0 Å². The third-order valence-electron chi connectivity index (χ3n) is 4.58. The average molecular weight is 319 g/mol. The van der Waals surface area contributed by atoms with Gasteiger partial charge in [-0.3, -0.25) is 10.4 Å². The second-order valence-corrected chi connectivity index (χ2v) is 6.49. The Kier molecular flexibility index (Phi) is 9.22. The van der Waals surface area contributed by atoms with Crippen molar-refractivity contribution in [3.63, 3.8) is 0 Å². The quantitative estimate of drug-likeness (QED) is 0.765. The van der Waals surface area contributed by atoms with Gasteiger partial charge in [0.2, 0.25) is 0 Å². The number of nitrogens with zero attached hydrogens (tertiary/aromatic N) is 2. The fraction of sp³-hybridized carbons (Fsp3) is 0.737. The van der Waals surface area contributed by atoms with Crippen molar-refractivity contribution in [1.29, 1.82) is 0 Å². The second-order valence-electron chi connectivity index (χ2n) is 6.49. The molecule has 0 amide bonds. The summed E-state index contributed by atoms with van der Waals surface area (Å²) in [7, 11) is 1.96. The Hall–Kier alpha value is -0.970. The fourth-order valence-corrected chi connectivity index (χ4v) is 3.27. The number of hydrogen-bond donors (Lipinski definition) is 2. The van der Waals surface area contributed by atoms with Crippen molar-refractivity contribution < 1.29 is 0 Å². The van der Waals surface area contributed by atoms with Gasteiger partial charge in [0, 0.05) is 38.4 Å². The smallest absolute Gasteiger partial charge is 0.0427 e. The Morgan fingerprint density at radius 2 is 1.83 bits per heavy atom. The lowest BCUT2D eigenvalue weighted by atomic mass is 9.91. The van der Waals surface area contributed by atoms with Gasteiger partial charge in [-0.2, -0.15) is 0 Å². The zero-order chi connectivity index (χ0) is 16.2. The summed E-state index contributed by atoms with van der Waals surface area (Å²) in [6, 6.07) is 0. The number of nitrogens with one attached hydrogen (secondary N) is 2. The lowest BCUT2D eigenvalue weighted by Gasteiger charge is -2.26. The predicted molar refractivity (Wildman–Crippen MR) is 100.0 cm³/mol. The first-order chi connectivity index (χ1) is 11.4. The van der Waals surface area contributed by atoms with Crippen LogP contribution in [0.4, 0.5) is 0 Å². The topological polar surface area (TPSA) is 39.7 Å². The highest BCUT2D eigenvalue weighted by Gasteiger charge is 2.14. The summed E-state index contributed by atoms with van der Waals surface area (Å²) in [5.74, 6) is 0. The van der Waals surface area contributed by atoms with Crippen LogP contribution in [-0.4, -0.2) is 50.5 Å². The van der Waals surface area contributed by atoms with E-state index in [9.17, 15) is 0 Å². The Morgan fingerprint density at radius 3 is 2.61 bits per heavy atom. The molecule has 0 bridgehead atoms. The Morgan fingerprint density at radius 1 is 1.04 bits per heavy atom. The van der Waals surface area contributed by atoms with Crippen LogP contribution in [0.1, 0.15) is 51.4 Å². The van der Waals surface area contributed by atoms with E-state index in [1.165, 1.54) is 70.2 Å². The molecule has 0 aromatic rings. The number of aliphatic imine (C=N–C) groups is 1. The minimum atomic E-state index is 0.960. The minimum Gasteiger partial charge on any atom is -0.316 e. The summed E-state index contributed by atoms with van der Waals surface area (Å²) in [6.45, 7) is 5.38. The van der Waals surface area contributed by atoms with Crippen molar-refractivity contribution in [1.82, 2.24) is 15.8 Å². The Balaban J connectivity index is 0.000000172. The molecule has 2 fully saturated rings. The molecular weight excluding hydrogens is 284 g/mol. The molecule has 1 saturated carbocycles. The molecule has 3 aliphatic rings. The van der Waals surface area contributed by atoms with Crippen molar-refractivity contribution >= 4 is 5.71 Å². The van der Waals surface area contributed by atoms with Gasteiger partial charge in [-0.1, -0.05) is 24.6 Å². The maximum absolute atomic E-state index is 4.50. The first-order valence-electron chi connectivity index (χ1n) is 9.41. The van der Waals surface area contributed by atoms with Gasteiger partial charge in [-0.05, 0) is 57.6 Å². The summed E-state index contributed by atoms with van der Waals surface area (Å²) in [6.07, 6.45) is 17.2. The van der Waals surface area contributed by atoms with Crippen molar-refractivity contribution in [2.75, 3.05) is 39.8 Å². The van der Waals surface area contributed by atoms with Gasteiger partial charge in [0.15, 0.2) is 0 Å². The number of fused-ring (bicyclic) bond motifs is 1. The molecule has 2 aliphatic heterocycles. The van der Waals surface area contributed by atoms with E-state index in [1.807, 2.05) is 7.05 Å². The number of hydrogen-bond acceptors (Lipinski definition) is 4.